The molecule has 0 aliphatic heterocycles. The standard InChI is InChI=1S/C24H19N5O/c1-16(30)27-20-7-4-6-18(14-20)21-13-17(11-12-25)9-10-23(21)29-24-26-15-19-5-2-3-8-22(19)28-24/h2-10,13-15H,11H2,1H3,(H,27,30)(H,26,28,29). The highest BCUT2D eigenvalue weighted by Gasteiger charge is 2.10. The number of amides is 1. The second-order valence-corrected chi connectivity index (χ2v) is 6.85. The van der Waals surface area contributed by atoms with Crippen molar-refractivity contribution in [1.29, 1.82) is 5.26 Å². The smallest absolute Gasteiger partial charge is 0.227 e. The monoisotopic (exact) mass is 393 g/mol. The third-order valence-corrected chi connectivity index (χ3v) is 4.60. The lowest BCUT2D eigenvalue weighted by Crippen LogP contribution is -2.05. The van der Waals surface area contributed by atoms with E-state index in [0.29, 0.717) is 18.1 Å². The van der Waals surface area contributed by atoms with E-state index >= 15 is 0 Å². The van der Waals surface area contributed by atoms with E-state index in [1.54, 1.807) is 6.20 Å². The molecule has 1 heterocycles. The number of benzene rings is 3. The molecule has 146 valence electrons. The number of carbonyl (C=O) groups excluding carboxylic acids is 1. The molecule has 0 spiro atoms. The van der Waals surface area contributed by atoms with Crippen LogP contribution in [0, 0.1) is 11.3 Å². The Morgan fingerprint density at radius 2 is 1.93 bits per heavy atom. The summed E-state index contributed by atoms with van der Waals surface area (Å²) < 4.78 is 0. The third kappa shape index (κ3) is 4.26. The minimum atomic E-state index is -0.131. The van der Waals surface area contributed by atoms with Gasteiger partial charge in [0.2, 0.25) is 11.9 Å². The number of rotatable bonds is 5. The van der Waals surface area contributed by atoms with Gasteiger partial charge in [0, 0.05) is 35.4 Å². The van der Waals surface area contributed by atoms with E-state index in [1.807, 2.05) is 66.7 Å². The summed E-state index contributed by atoms with van der Waals surface area (Å²) >= 11 is 0. The van der Waals surface area contributed by atoms with Crippen molar-refractivity contribution in [3.05, 3.63) is 78.5 Å². The number of hydrogen-bond acceptors (Lipinski definition) is 5. The molecular weight excluding hydrogens is 374 g/mol. The third-order valence-electron chi connectivity index (χ3n) is 4.60. The fraction of sp³-hybridized carbons (Fsp3) is 0.0833. The lowest BCUT2D eigenvalue weighted by molar-refractivity contribution is -0.114. The van der Waals surface area contributed by atoms with E-state index in [4.69, 9.17) is 5.26 Å². The maximum Gasteiger partial charge on any atom is 0.227 e. The highest BCUT2D eigenvalue weighted by atomic mass is 16.1. The Morgan fingerprint density at radius 1 is 1.07 bits per heavy atom. The van der Waals surface area contributed by atoms with Crippen LogP contribution in [0.2, 0.25) is 0 Å². The zero-order chi connectivity index (χ0) is 20.9. The van der Waals surface area contributed by atoms with E-state index < -0.39 is 0 Å². The summed E-state index contributed by atoms with van der Waals surface area (Å²) in [5.41, 5.74) is 5.08. The van der Waals surface area contributed by atoms with Crippen LogP contribution in [0.3, 0.4) is 0 Å². The van der Waals surface area contributed by atoms with Gasteiger partial charge in [-0.3, -0.25) is 4.79 Å². The predicted octanol–water partition coefficient (Wildman–Crippen LogP) is 5.06. The van der Waals surface area contributed by atoms with Crippen LogP contribution >= 0.6 is 0 Å². The lowest BCUT2D eigenvalue weighted by Gasteiger charge is -2.14. The summed E-state index contributed by atoms with van der Waals surface area (Å²) in [6, 6.07) is 23.4. The van der Waals surface area contributed by atoms with Crippen LogP contribution in [0.4, 0.5) is 17.3 Å². The Hall–Kier alpha value is -4.24. The fourth-order valence-electron chi connectivity index (χ4n) is 3.26. The molecule has 0 fully saturated rings. The Morgan fingerprint density at radius 3 is 2.77 bits per heavy atom. The Labute approximate surface area is 174 Å². The summed E-state index contributed by atoms with van der Waals surface area (Å²) in [4.78, 5) is 20.4. The number of fused-ring (bicyclic) bond motifs is 1. The molecule has 0 unspecified atom stereocenters. The number of hydrogen-bond donors (Lipinski definition) is 2. The molecule has 0 saturated carbocycles. The quantitative estimate of drug-likeness (QED) is 0.494. The summed E-state index contributed by atoms with van der Waals surface area (Å²) in [6.45, 7) is 1.48. The van der Waals surface area contributed by atoms with Crippen molar-refractivity contribution in [1.82, 2.24) is 9.97 Å². The molecule has 6 nitrogen and oxygen atoms in total. The lowest BCUT2D eigenvalue weighted by atomic mass is 9.99. The molecule has 4 aromatic rings. The maximum atomic E-state index is 11.4. The number of nitrogens with zero attached hydrogens (tertiary/aromatic N) is 3. The topological polar surface area (TPSA) is 90.7 Å². The molecule has 4 rings (SSSR count). The van der Waals surface area contributed by atoms with Crippen molar-refractivity contribution in [3.8, 4) is 17.2 Å². The molecule has 6 heteroatoms. The zero-order valence-electron chi connectivity index (χ0n) is 16.4. The molecule has 0 radical (unpaired) electrons. The van der Waals surface area contributed by atoms with Gasteiger partial charge in [-0.15, -0.1) is 0 Å². The minimum Gasteiger partial charge on any atom is -0.326 e. The summed E-state index contributed by atoms with van der Waals surface area (Å²) in [7, 11) is 0. The van der Waals surface area contributed by atoms with E-state index in [9.17, 15) is 4.79 Å². The van der Waals surface area contributed by atoms with E-state index in [-0.39, 0.29) is 5.91 Å². The number of anilines is 3. The van der Waals surface area contributed by atoms with Crippen LogP contribution < -0.4 is 10.6 Å². The number of carbonyl (C=O) groups is 1. The van der Waals surface area contributed by atoms with Gasteiger partial charge in [0.25, 0.3) is 0 Å². The highest BCUT2D eigenvalue weighted by Crippen LogP contribution is 2.32. The summed E-state index contributed by atoms with van der Waals surface area (Å²) in [5.74, 6) is 0.356. The van der Waals surface area contributed by atoms with Gasteiger partial charge >= 0.3 is 0 Å². The number of aromatic nitrogens is 2. The largest absolute Gasteiger partial charge is 0.326 e. The first-order valence-corrected chi connectivity index (χ1v) is 9.49. The van der Waals surface area contributed by atoms with Crippen molar-refractivity contribution < 1.29 is 4.79 Å². The molecular formula is C24H19N5O. The van der Waals surface area contributed by atoms with Crippen LogP contribution in [0.1, 0.15) is 12.5 Å². The van der Waals surface area contributed by atoms with Crippen LogP contribution in [0.25, 0.3) is 22.0 Å². The SMILES string of the molecule is CC(=O)Nc1cccc(-c2cc(CC#N)ccc2Nc2ncc3ccccc3n2)c1. The van der Waals surface area contributed by atoms with Crippen LogP contribution in [-0.2, 0) is 11.2 Å². The maximum absolute atomic E-state index is 11.4. The van der Waals surface area contributed by atoms with Gasteiger partial charge in [0.1, 0.15) is 0 Å². The minimum absolute atomic E-state index is 0.131. The molecule has 1 amide bonds. The van der Waals surface area contributed by atoms with Crippen LogP contribution in [0.15, 0.2) is 72.9 Å². The van der Waals surface area contributed by atoms with Crippen molar-refractivity contribution >= 4 is 34.1 Å². The van der Waals surface area contributed by atoms with E-state index in [2.05, 4.69) is 26.7 Å². The molecule has 30 heavy (non-hydrogen) atoms. The molecule has 3 aromatic carbocycles. The molecule has 0 aliphatic carbocycles. The predicted molar refractivity (Wildman–Crippen MR) is 118 cm³/mol. The first-order valence-electron chi connectivity index (χ1n) is 9.49. The molecule has 1 aromatic heterocycles. The van der Waals surface area contributed by atoms with Gasteiger partial charge in [0.05, 0.1) is 18.0 Å². The first-order chi connectivity index (χ1) is 14.6. The zero-order valence-corrected chi connectivity index (χ0v) is 16.4. The molecule has 0 aliphatic rings. The summed E-state index contributed by atoms with van der Waals surface area (Å²) in [5, 5.41) is 16.2. The van der Waals surface area contributed by atoms with E-state index in [1.165, 1.54) is 6.92 Å². The average molecular weight is 393 g/mol. The average Bonchev–Trinajstić information content (AvgIpc) is 2.75. The highest BCUT2D eigenvalue weighted by molar-refractivity contribution is 5.90. The van der Waals surface area contributed by atoms with Crippen molar-refractivity contribution in [3.63, 3.8) is 0 Å². The number of para-hydroxylation sites is 1. The molecule has 0 bridgehead atoms. The first kappa shape index (κ1) is 19.1. The van der Waals surface area contributed by atoms with Crippen molar-refractivity contribution in [2.45, 2.75) is 13.3 Å². The van der Waals surface area contributed by atoms with Crippen LogP contribution in [0.5, 0.6) is 0 Å². The number of nitriles is 1. The van der Waals surface area contributed by atoms with Gasteiger partial charge in [0.15, 0.2) is 0 Å². The normalized spacial score (nSPS) is 10.4. The van der Waals surface area contributed by atoms with Gasteiger partial charge < -0.3 is 10.6 Å². The van der Waals surface area contributed by atoms with Crippen LogP contribution in [-0.4, -0.2) is 15.9 Å². The van der Waals surface area contributed by atoms with Gasteiger partial charge in [-0.05, 0) is 41.5 Å². The Kier molecular flexibility index (Phi) is 5.35. The Bertz CT molecular complexity index is 1280. The Balaban J connectivity index is 1.75. The molecule has 0 saturated heterocycles. The second-order valence-electron chi connectivity index (χ2n) is 6.85. The van der Waals surface area contributed by atoms with Gasteiger partial charge in [-0.25, -0.2) is 9.97 Å². The second kappa shape index (κ2) is 8.41. The fourth-order valence-corrected chi connectivity index (χ4v) is 3.26. The van der Waals surface area contributed by atoms with E-state index in [0.717, 1.165) is 33.3 Å². The molecule has 0 atom stereocenters. The van der Waals surface area contributed by atoms with Gasteiger partial charge in [-0.2, -0.15) is 5.26 Å². The summed E-state index contributed by atoms with van der Waals surface area (Å²) in [6.07, 6.45) is 2.09. The van der Waals surface area contributed by atoms with Gasteiger partial charge in [-0.1, -0.05) is 36.4 Å². The van der Waals surface area contributed by atoms with Crippen molar-refractivity contribution in [2.75, 3.05) is 10.6 Å². The van der Waals surface area contributed by atoms with Crippen molar-refractivity contribution in [2.24, 2.45) is 0 Å². The number of nitrogens with one attached hydrogen (secondary N) is 2. The molecule has 2 N–H and O–H groups in total.